The lowest BCUT2D eigenvalue weighted by Gasteiger charge is -2.31. The van der Waals surface area contributed by atoms with Crippen LogP contribution in [-0.4, -0.2) is 62.2 Å². The summed E-state index contributed by atoms with van der Waals surface area (Å²) in [6, 6.07) is 8.19. The molecule has 0 saturated carbocycles. The van der Waals surface area contributed by atoms with Crippen LogP contribution in [0, 0.1) is 5.92 Å². The number of carbonyl (C=O) groups excluding carboxylic acids is 1. The van der Waals surface area contributed by atoms with Crippen LogP contribution in [0.5, 0.6) is 0 Å². The third kappa shape index (κ3) is 5.45. The fraction of sp³-hybridized carbons (Fsp3) is 0.364. The minimum atomic E-state index is -3.90. The number of amides is 1. The molecule has 2 aromatic heterocycles. The molecule has 1 aromatic carbocycles. The van der Waals surface area contributed by atoms with Crippen LogP contribution in [0.15, 0.2) is 41.3 Å². The van der Waals surface area contributed by atoms with E-state index in [1.807, 2.05) is 4.72 Å². The van der Waals surface area contributed by atoms with Crippen LogP contribution in [0.1, 0.15) is 23.3 Å². The molecule has 1 aliphatic heterocycles. The molecular weight excluding hydrogens is 516 g/mol. The summed E-state index contributed by atoms with van der Waals surface area (Å²) in [6.07, 6.45) is 4.64. The molecule has 0 bridgehead atoms. The lowest BCUT2D eigenvalue weighted by atomic mass is 9.98. The van der Waals surface area contributed by atoms with Crippen molar-refractivity contribution in [1.82, 2.24) is 18.6 Å². The Bertz CT molecular complexity index is 1570. The Morgan fingerprint density at radius 2 is 1.83 bits per heavy atom. The highest BCUT2D eigenvalue weighted by Crippen LogP contribution is 2.36. The summed E-state index contributed by atoms with van der Waals surface area (Å²) in [5.74, 6) is -0.849. The molecule has 1 amide bonds. The topological polar surface area (TPSA) is 138 Å². The quantitative estimate of drug-likeness (QED) is 0.490. The summed E-state index contributed by atoms with van der Waals surface area (Å²) >= 11 is 6.26. The van der Waals surface area contributed by atoms with E-state index in [0.717, 1.165) is 6.26 Å². The lowest BCUT2D eigenvalue weighted by molar-refractivity contribution is 0.0972. The summed E-state index contributed by atoms with van der Waals surface area (Å²) in [5, 5.41) is 0.918. The van der Waals surface area contributed by atoms with Crippen molar-refractivity contribution in [2.75, 3.05) is 25.6 Å². The van der Waals surface area contributed by atoms with Crippen molar-refractivity contribution >= 4 is 48.5 Å². The largest absolute Gasteiger partial charge is 0.336 e. The van der Waals surface area contributed by atoms with Gasteiger partial charge in [0.05, 0.1) is 12.5 Å². The van der Waals surface area contributed by atoms with Gasteiger partial charge in [-0.3, -0.25) is 9.59 Å². The monoisotopic (exact) mass is 540 g/mol. The zero-order valence-electron chi connectivity index (χ0n) is 19.1. The van der Waals surface area contributed by atoms with Gasteiger partial charge in [0.25, 0.3) is 11.5 Å². The number of pyridine rings is 1. The molecule has 1 aliphatic rings. The number of aromatic nitrogens is 2. The number of nitrogens with zero attached hydrogens (tertiary/aromatic N) is 2. The highest BCUT2D eigenvalue weighted by Gasteiger charge is 2.30. The third-order valence-electron chi connectivity index (χ3n) is 6.09. The van der Waals surface area contributed by atoms with Gasteiger partial charge in [0.2, 0.25) is 20.0 Å². The highest BCUT2D eigenvalue weighted by molar-refractivity contribution is 7.89. The second-order valence-electron chi connectivity index (χ2n) is 8.72. The maximum absolute atomic E-state index is 13.3. The van der Waals surface area contributed by atoms with E-state index in [0.29, 0.717) is 48.4 Å². The van der Waals surface area contributed by atoms with Crippen molar-refractivity contribution < 1.29 is 21.6 Å². The Morgan fingerprint density at radius 3 is 2.43 bits per heavy atom. The molecule has 0 atom stereocenters. The first-order valence-electron chi connectivity index (χ1n) is 10.8. The van der Waals surface area contributed by atoms with Crippen molar-refractivity contribution in [3.63, 3.8) is 0 Å². The average Bonchev–Trinajstić information content (AvgIpc) is 3.06. The minimum Gasteiger partial charge on any atom is -0.336 e. The summed E-state index contributed by atoms with van der Waals surface area (Å²) in [7, 11) is -7.20. The molecule has 35 heavy (non-hydrogen) atoms. The number of piperidine rings is 1. The maximum atomic E-state index is 13.3. The molecule has 13 heteroatoms. The number of halogens is 1. The van der Waals surface area contributed by atoms with Crippen molar-refractivity contribution in [2.45, 2.75) is 19.4 Å². The van der Waals surface area contributed by atoms with E-state index in [2.05, 4.69) is 4.98 Å². The minimum absolute atomic E-state index is 0.0194. The van der Waals surface area contributed by atoms with Gasteiger partial charge >= 0.3 is 0 Å². The standard InChI is InChI=1S/C22H25ClN4O6S2/c1-34(30,31)25-22(29)20-19(16-4-3-9-24-21(16)28)17-12-15(23)5-6-18(17)27(20)13-14-7-10-26(11-8-14)35(2,32)33/h3-6,9,12,14H,7-8,10-11,13H2,1-2H3,(H,24,28)(H,25,29). The summed E-state index contributed by atoms with van der Waals surface area (Å²) in [6.45, 7) is 1.03. The molecule has 1 fully saturated rings. The van der Waals surface area contributed by atoms with E-state index < -0.39 is 31.5 Å². The Labute approximate surface area is 208 Å². The van der Waals surface area contributed by atoms with E-state index in [9.17, 15) is 26.4 Å². The van der Waals surface area contributed by atoms with Gasteiger partial charge < -0.3 is 9.55 Å². The van der Waals surface area contributed by atoms with Crippen LogP contribution in [-0.2, 0) is 26.6 Å². The molecule has 188 valence electrons. The fourth-order valence-electron chi connectivity index (χ4n) is 4.54. The molecule has 4 rings (SSSR count). The van der Waals surface area contributed by atoms with E-state index in [1.165, 1.54) is 16.8 Å². The Hall–Kier alpha value is -2.67. The highest BCUT2D eigenvalue weighted by atomic mass is 35.5. The molecule has 3 aromatic rings. The summed E-state index contributed by atoms with van der Waals surface area (Å²) < 4.78 is 52.8. The second kappa shape index (κ2) is 9.41. The van der Waals surface area contributed by atoms with Crippen LogP contribution in [0.3, 0.4) is 0 Å². The van der Waals surface area contributed by atoms with Crippen molar-refractivity contribution in [2.24, 2.45) is 5.92 Å². The molecule has 0 spiro atoms. The number of hydrogen-bond acceptors (Lipinski definition) is 6. The molecule has 3 heterocycles. The molecular formula is C22H25ClN4O6S2. The first kappa shape index (κ1) is 25.4. The number of rotatable bonds is 6. The molecule has 0 aliphatic carbocycles. The molecule has 1 saturated heterocycles. The zero-order valence-corrected chi connectivity index (χ0v) is 21.5. The van der Waals surface area contributed by atoms with Crippen LogP contribution >= 0.6 is 11.6 Å². The predicted octanol–water partition coefficient (Wildman–Crippen LogP) is 2.01. The Balaban J connectivity index is 1.89. The van der Waals surface area contributed by atoms with Gasteiger partial charge in [0.15, 0.2) is 0 Å². The lowest BCUT2D eigenvalue weighted by Crippen LogP contribution is -2.39. The van der Waals surface area contributed by atoms with Crippen molar-refractivity contribution in [3.8, 4) is 11.1 Å². The Morgan fingerprint density at radius 1 is 1.14 bits per heavy atom. The van der Waals surface area contributed by atoms with Gasteiger partial charge in [-0.1, -0.05) is 11.6 Å². The fourth-order valence-corrected chi connectivity index (χ4v) is 6.02. The molecule has 10 nitrogen and oxygen atoms in total. The SMILES string of the molecule is CS(=O)(=O)NC(=O)c1c(-c2ccc[nH]c2=O)c2cc(Cl)ccc2n1CC1CCN(S(C)(=O)=O)CC1. The van der Waals surface area contributed by atoms with Crippen molar-refractivity contribution in [3.05, 3.63) is 57.6 Å². The number of fused-ring (bicyclic) bond motifs is 1. The number of carbonyl (C=O) groups is 1. The van der Waals surface area contributed by atoms with Crippen LogP contribution < -0.4 is 10.3 Å². The number of aromatic amines is 1. The van der Waals surface area contributed by atoms with Crippen molar-refractivity contribution in [1.29, 1.82) is 0 Å². The zero-order chi connectivity index (χ0) is 25.5. The van der Waals surface area contributed by atoms with Gasteiger partial charge in [0.1, 0.15) is 5.69 Å². The van der Waals surface area contributed by atoms with Crippen LogP contribution in [0.2, 0.25) is 5.02 Å². The number of hydrogen-bond donors (Lipinski definition) is 2. The molecule has 0 unspecified atom stereocenters. The number of H-pyrrole nitrogens is 1. The number of sulfonamides is 2. The van der Waals surface area contributed by atoms with E-state index in [1.54, 1.807) is 34.9 Å². The van der Waals surface area contributed by atoms with Crippen LogP contribution in [0.25, 0.3) is 22.0 Å². The van der Waals surface area contributed by atoms with Crippen LogP contribution in [0.4, 0.5) is 0 Å². The van der Waals surface area contributed by atoms with Gasteiger partial charge in [-0.2, -0.15) is 0 Å². The Kier molecular flexibility index (Phi) is 6.84. The molecule has 0 radical (unpaired) electrons. The first-order chi connectivity index (χ1) is 16.3. The van der Waals surface area contributed by atoms with Gasteiger partial charge in [-0.25, -0.2) is 25.9 Å². The number of benzene rings is 1. The molecule has 2 N–H and O–H groups in total. The van der Waals surface area contributed by atoms with Gasteiger partial charge in [-0.05, 0) is 49.1 Å². The summed E-state index contributed by atoms with van der Waals surface area (Å²) in [5.41, 5.74) is 0.663. The third-order valence-corrected chi connectivity index (χ3v) is 8.18. The van der Waals surface area contributed by atoms with E-state index >= 15 is 0 Å². The predicted molar refractivity (Wildman–Crippen MR) is 134 cm³/mol. The first-order valence-corrected chi connectivity index (χ1v) is 14.9. The van der Waals surface area contributed by atoms with Gasteiger partial charge in [-0.15, -0.1) is 0 Å². The second-order valence-corrected chi connectivity index (χ2v) is 12.9. The summed E-state index contributed by atoms with van der Waals surface area (Å²) in [4.78, 5) is 28.6. The maximum Gasteiger partial charge on any atom is 0.282 e. The number of nitrogens with one attached hydrogen (secondary N) is 2. The van der Waals surface area contributed by atoms with E-state index in [4.69, 9.17) is 11.6 Å². The smallest absolute Gasteiger partial charge is 0.282 e. The average molecular weight is 541 g/mol. The normalized spacial score (nSPS) is 16.0. The van der Waals surface area contributed by atoms with E-state index in [-0.39, 0.29) is 22.7 Å². The van der Waals surface area contributed by atoms with Gasteiger partial charge in [0, 0.05) is 52.9 Å².